The summed E-state index contributed by atoms with van der Waals surface area (Å²) in [5.74, 6) is 1.13. The second-order valence-electron chi connectivity index (χ2n) is 4.09. The topological polar surface area (TPSA) is 63.2 Å². The van der Waals surface area contributed by atoms with Gasteiger partial charge in [0.25, 0.3) is 0 Å². The van der Waals surface area contributed by atoms with E-state index in [2.05, 4.69) is 0 Å². The van der Waals surface area contributed by atoms with E-state index in [1.54, 1.807) is 32.4 Å². The third kappa shape index (κ3) is 7.08. The van der Waals surface area contributed by atoms with Crippen LogP contribution < -0.4 is 9.47 Å². The van der Waals surface area contributed by atoms with E-state index in [1.165, 1.54) is 0 Å². The van der Waals surface area contributed by atoms with Crippen LogP contribution in [-0.4, -0.2) is 60.1 Å². The number of ether oxygens (including phenoxy) is 5. The molecule has 0 saturated carbocycles. The lowest BCUT2D eigenvalue weighted by Gasteiger charge is -2.10. The molecule has 0 unspecified atom stereocenters. The Labute approximate surface area is 124 Å². The zero-order chi connectivity index (χ0) is 15.3. The van der Waals surface area contributed by atoms with Crippen LogP contribution in [0.5, 0.6) is 11.5 Å². The quantitative estimate of drug-likeness (QED) is 0.431. The van der Waals surface area contributed by atoms with Crippen molar-refractivity contribution in [1.82, 2.24) is 0 Å². The molecule has 1 aromatic carbocycles. The largest absolute Gasteiger partial charge is 0.497 e. The summed E-state index contributed by atoms with van der Waals surface area (Å²) in [5, 5.41) is 0. The van der Waals surface area contributed by atoms with Crippen LogP contribution in [0.4, 0.5) is 0 Å². The Morgan fingerprint density at radius 1 is 0.952 bits per heavy atom. The Morgan fingerprint density at radius 3 is 2.24 bits per heavy atom. The molecule has 1 rings (SSSR count). The lowest BCUT2D eigenvalue weighted by Crippen LogP contribution is -2.12. The normalized spacial score (nSPS) is 10.4. The highest BCUT2D eigenvalue weighted by atomic mass is 16.6. The summed E-state index contributed by atoms with van der Waals surface area (Å²) in [4.78, 5) is 10.9. The molecule has 118 valence electrons. The molecule has 1 aromatic rings. The Morgan fingerprint density at radius 2 is 1.62 bits per heavy atom. The van der Waals surface area contributed by atoms with E-state index in [1.807, 2.05) is 0 Å². The molecule has 0 atom stereocenters. The van der Waals surface area contributed by atoms with E-state index >= 15 is 0 Å². The SMILES string of the molecule is COCCOCCOCCOc1cc(OC)ccc1C=O. The number of aldehydes is 1. The van der Waals surface area contributed by atoms with E-state index in [9.17, 15) is 4.79 Å². The van der Waals surface area contributed by atoms with Gasteiger partial charge in [0.05, 0.1) is 45.7 Å². The third-order valence-corrected chi connectivity index (χ3v) is 2.64. The molecule has 0 spiro atoms. The molecule has 0 radical (unpaired) electrons. The molecular formula is C15H22O6. The van der Waals surface area contributed by atoms with Crippen molar-refractivity contribution in [2.45, 2.75) is 0 Å². The van der Waals surface area contributed by atoms with Crippen LogP contribution in [0, 0.1) is 0 Å². The predicted molar refractivity (Wildman–Crippen MR) is 77.4 cm³/mol. The highest BCUT2D eigenvalue weighted by molar-refractivity contribution is 5.79. The molecule has 0 aliphatic rings. The fourth-order valence-electron chi connectivity index (χ4n) is 1.54. The first-order valence-corrected chi connectivity index (χ1v) is 6.72. The average molecular weight is 298 g/mol. The van der Waals surface area contributed by atoms with Gasteiger partial charge < -0.3 is 23.7 Å². The third-order valence-electron chi connectivity index (χ3n) is 2.64. The molecule has 0 amide bonds. The monoisotopic (exact) mass is 298 g/mol. The van der Waals surface area contributed by atoms with Gasteiger partial charge in [0.2, 0.25) is 0 Å². The van der Waals surface area contributed by atoms with E-state index in [0.29, 0.717) is 56.7 Å². The maximum atomic E-state index is 10.9. The lowest BCUT2D eigenvalue weighted by molar-refractivity contribution is 0.0179. The van der Waals surface area contributed by atoms with Crippen LogP contribution >= 0.6 is 0 Å². The number of hydrogen-bond donors (Lipinski definition) is 0. The summed E-state index contributed by atoms with van der Waals surface area (Å²) < 4.78 is 26.1. The summed E-state index contributed by atoms with van der Waals surface area (Å²) >= 11 is 0. The molecule has 6 nitrogen and oxygen atoms in total. The van der Waals surface area contributed by atoms with Crippen LogP contribution in [0.15, 0.2) is 18.2 Å². The molecule has 21 heavy (non-hydrogen) atoms. The van der Waals surface area contributed by atoms with Crippen molar-refractivity contribution in [2.24, 2.45) is 0 Å². The van der Waals surface area contributed by atoms with Gasteiger partial charge in [-0.05, 0) is 12.1 Å². The molecule has 6 heteroatoms. The fraction of sp³-hybridized carbons (Fsp3) is 0.533. The van der Waals surface area contributed by atoms with Crippen molar-refractivity contribution in [3.05, 3.63) is 23.8 Å². The van der Waals surface area contributed by atoms with Crippen molar-refractivity contribution in [2.75, 3.05) is 53.9 Å². The van der Waals surface area contributed by atoms with E-state index in [4.69, 9.17) is 23.7 Å². The first-order chi connectivity index (χ1) is 10.3. The zero-order valence-electron chi connectivity index (χ0n) is 12.5. The van der Waals surface area contributed by atoms with E-state index in [-0.39, 0.29) is 0 Å². The van der Waals surface area contributed by atoms with Gasteiger partial charge in [0.1, 0.15) is 18.1 Å². The van der Waals surface area contributed by atoms with Gasteiger partial charge in [0, 0.05) is 13.2 Å². The maximum absolute atomic E-state index is 10.9. The summed E-state index contributed by atoms with van der Waals surface area (Å²) in [5.41, 5.74) is 0.485. The molecule has 0 saturated heterocycles. The van der Waals surface area contributed by atoms with Crippen molar-refractivity contribution in [3.8, 4) is 11.5 Å². The number of methoxy groups -OCH3 is 2. The van der Waals surface area contributed by atoms with Crippen LogP contribution in [0.3, 0.4) is 0 Å². The first kappa shape index (κ1) is 17.4. The van der Waals surface area contributed by atoms with Crippen LogP contribution in [0.1, 0.15) is 10.4 Å². The Kier molecular flexibility index (Phi) is 9.19. The van der Waals surface area contributed by atoms with Crippen molar-refractivity contribution >= 4 is 6.29 Å². The summed E-state index contributed by atoms with van der Waals surface area (Å²) in [6.07, 6.45) is 0.749. The fourth-order valence-corrected chi connectivity index (χ4v) is 1.54. The smallest absolute Gasteiger partial charge is 0.153 e. The number of carbonyl (C=O) groups is 1. The van der Waals surface area contributed by atoms with Gasteiger partial charge in [-0.3, -0.25) is 4.79 Å². The van der Waals surface area contributed by atoms with E-state index in [0.717, 1.165) is 6.29 Å². The summed E-state index contributed by atoms with van der Waals surface area (Å²) in [6, 6.07) is 5.05. The Balaban J connectivity index is 2.19. The number of benzene rings is 1. The molecule has 0 N–H and O–H groups in total. The summed E-state index contributed by atoms with van der Waals surface area (Å²) in [6.45, 7) is 2.92. The molecule has 0 fully saturated rings. The van der Waals surface area contributed by atoms with Gasteiger partial charge in [-0.15, -0.1) is 0 Å². The van der Waals surface area contributed by atoms with Crippen molar-refractivity contribution in [1.29, 1.82) is 0 Å². The van der Waals surface area contributed by atoms with Crippen LogP contribution in [-0.2, 0) is 14.2 Å². The number of rotatable bonds is 12. The molecule has 0 aliphatic heterocycles. The van der Waals surface area contributed by atoms with Crippen molar-refractivity contribution in [3.63, 3.8) is 0 Å². The van der Waals surface area contributed by atoms with Gasteiger partial charge >= 0.3 is 0 Å². The van der Waals surface area contributed by atoms with Gasteiger partial charge in [0.15, 0.2) is 6.29 Å². The lowest BCUT2D eigenvalue weighted by atomic mass is 10.2. The minimum Gasteiger partial charge on any atom is -0.497 e. The average Bonchev–Trinajstić information content (AvgIpc) is 2.53. The van der Waals surface area contributed by atoms with Crippen LogP contribution in [0.25, 0.3) is 0 Å². The van der Waals surface area contributed by atoms with Crippen LogP contribution in [0.2, 0.25) is 0 Å². The molecule has 0 aromatic heterocycles. The standard InChI is InChI=1S/C15H22O6/c1-17-5-6-19-7-8-20-9-10-21-15-11-14(18-2)4-3-13(15)12-16/h3-4,11-12H,5-10H2,1-2H3. The van der Waals surface area contributed by atoms with E-state index < -0.39 is 0 Å². The maximum Gasteiger partial charge on any atom is 0.153 e. The highest BCUT2D eigenvalue weighted by Crippen LogP contribution is 2.23. The first-order valence-electron chi connectivity index (χ1n) is 6.72. The Hall–Kier alpha value is -1.63. The number of carbonyl (C=O) groups excluding carboxylic acids is 1. The summed E-state index contributed by atoms with van der Waals surface area (Å²) in [7, 11) is 3.19. The van der Waals surface area contributed by atoms with Crippen molar-refractivity contribution < 1.29 is 28.5 Å². The molecule has 0 bridgehead atoms. The minimum absolute atomic E-state index is 0.353. The molecule has 0 heterocycles. The van der Waals surface area contributed by atoms with Gasteiger partial charge in [-0.1, -0.05) is 0 Å². The Bertz CT molecular complexity index is 407. The second kappa shape index (κ2) is 11.1. The van der Waals surface area contributed by atoms with Gasteiger partial charge in [-0.25, -0.2) is 0 Å². The predicted octanol–water partition coefficient (Wildman–Crippen LogP) is 1.57. The minimum atomic E-state index is 0.353. The molecular weight excluding hydrogens is 276 g/mol. The highest BCUT2D eigenvalue weighted by Gasteiger charge is 2.05. The van der Waals surface area contributed by atoms with Gasteiger partial charge in [-0.2, -0.15) is 0 Å². The number of hydrogen-bond acceptors (Lipinski definition) is 6. The second-order valence-corrected chi connectivity index (χ2v) is 4.09. The zero-order valence-corrected chi connectivity index (χ0v) is 12.5. The molecule has 0 aliphatic carbocycles.